The molecule has 0 spiro atoms. The number of hydrogen-bond acceptors (Lipinski definition) is 5. The quantitative estimate of drug-likeness (QED) is 0.762. The van der Waals surface area contributed by atoms with Crippen LogP contribution >= 0.6 is 0 Å². The van der Waals surface area contributed by atoms with E-state index in [0.717, 1.165) is 25.9 Å². The van der Waals surface area contributed by atoms with Crippen molar-refractivity contribution in [2.24, 2.45) is 5.92 Å². The largest absolute Gasteiger partial charge is 0.486 e. The lowest BCUT2D eigenvalue weighted by molar-refractivity contribution is 0.142. The molecule has 1 fully saturated rings. The number of nitrogens with zero attached hydrogens (tertiary/aromatic N) is 2. The van der Waals surface area contributed by atoms with E-state index in [1.54, 1.807) is 0 Å². The number of rotatable bonds is 6. The molecule has 2 aliphatic heterocycles. The summed E-state index contributed by atoms with van der Waals surface area (Å²) in [5.74, 6) is 1.23. The molecular weight excluding hydrogens is 394 g/mol. The Balaban J connectivity index is 0.00000289. The minimum atomic E-state index is -0.147. The maximum Gasteiger partial charge on any atom is 0.317 e. The predicted octanol–water partition coefficient (Wildman–Crippen LogP) is 3.61. The summed E-state index contributed by atoms with van der Waals surface area (Å²) in [6, 6.07) is 10.1. The van der Waals surface area contributed by atoms with E-state index in [0.29, 0.717) is 37.9 Å². The second-order valence-electron chi connectivity index (χ2n) is 8.83. The van der Waals surface area contributed by atoms with Crippen molar-refractivity contribution < 1.29 is 15.4 Å². The van der Waals surface area contributed by atoms with Gasteiger partial charge in [0.05, 0.1) is 13.2 Å². The first-order valence-electron chi connectivity index (χ1n) is 11.1. The molecule has 2 aliphatic rings. The van der Waals surface area contributed by atoms with Gasteiger partial charge in [0.25, 0.3) is 0 Å². The van der Waals surface area contributed by atoms with Gasteiger partial charge in [0.15, 0.2) is 0 Å². The fourth-order valence-corrected chi connectivity index (χ4v) is 4.21. The summed E-state index contributed by atoms with van der Waals surface area (Å²) in [5, 5.41) is 2.93. The van der Waals surface area contributed by atoms with Gasteiger partial charge in [-0.15, -0.1) is 0 Å². The third-order valence-electron chi connectivity index (χ3n) is 5.93. The highest BCUT2D eigenvalue weighted by molar-refractivity contribution is 5.74. The van der Waals surface area contributed by atoms with Crippen molar-refractivity contribution in [2.75, 3.05) is 19.7 Å². The van der Waals surface area contributed by atoms with Crippen molar-refractivity contribution in [3.8, 4) is 5.75 Å². The first-order chi connectivity index (χ1) is 15.0. The standard InChI is InChI=1S/C24H31N3O4.H2/c1-17(2)25-24(29)27-9-7-18(8-10-27)15-31-23-16-30-21(11-22(23)28)14-26-12-19-5-3-4-6-20(19)13-26;/h3-6,11,16-18H,7-10,12-15H2,1-2H3,(H,25,29);1H. The van der Waals surface area contributed by atoms with Crippen molar-refractivity contribution in [1.29, 1.82) is 0 Å². The van der Waals surface area contributed by atoms with Gasteiger partial charge in [-0.2, -0.15) is 0 Å². The van der Waals surface area contributed by atoms with Crippen molar-refractivity contribution in [3.05, 3.63) is 63.7 Å². The fourth-order valence-electron chi connectivity index (χ4n) is 4.21. The second kappa shape index (κ2) is 9.56. The van der Waals surface area contributed by atoms with Crippen molar-refractivity contribution >= 4 is 6.03 Å². The van der Waals surface area contributed by atoms with Gasteiger partial charge >= 0.3 is 6.03 Å². The van der Waals surface area contributed by atoms with E-state index in [4.69, 9.17) is 9.15 Å². The Bertz CT molecular complexity index is 945. The Labute approximate surface area is 184 Å². The second-order valence-corrected chi connectivity index (χ2v) is 8.83. The Morgan fingerprint density at radius 3 is 2.52 bits per heavy atom. The Morgan fingerprint density at radius 2 is 1.90 bits per heavy atom. The molecule has 1 N–H and O–H groups in total. The van der Waals surface area contributed by atoms with Gasteiger partial charge in [0, 0.05) is 39.7 Å². The third kappa shape index (κ3) is 5.47. The number of ether oxygens (including phenoxy) is 1. The van der Waals surface area contributed by atoms with Gasteiger partial charge in [-0.25, -0.2) is 4.79 Å². The van der Waals surface area contributed by atoms with Gasteiger partial charge < -0.3 is 19.4 Å². The summed E-state index contributed by atoms with van der Waals surface area (Å²) in [7, 11) is 0. The highest BCUT2D eigenvalue weighted by Gasteiger charge is 2.24. The summed E-state index contributed by atoms with van der Waals surface area (Å²) in [6.45, 7) is 8.12. The number of urea groups is 1. The number of carbonyl (C=O) groups excluding carboxylic acids is 1. The van der Waals surface area contributed by atoms with E-state index < -0.39 is 0 Å². The SMILES string of the molecule is CC(C)NC(=O)N1CCC(COc2coc(CN3Cc4ccccc4C3)cc2=O)CC1.[HH]. The average Bonchev–Trinajstić information content (AvgIpc) is 3.15. The van der Waals surface area contributed by atoms with Crippen LogP contribution in [0.3, 0.4) is 0 Å². The summed E-state index contributed by atoms with van der Waals surface area (Å²) >= 11 is 0. The van der Waals surface area contributed by atoms with Gasteiger partial charge in [0.2, 0.25) is 11.2 Å². The van der Waals surface area contributed by atoms with Crippen molar-refractivity contribution in [2.45, 2.75) is 52.4 Å². The van der Waals surface area contributed by atoms with Crippen LogP contribution in [0.1, 0.15) is 45.0 Å². The number of fused-ring (bicyclic) bond motifs is 1. The average molecular weight is 428 g/mol. The topological polar surface area (TPSA) is 75.0 Å². The lowest BCUT2D eigenvalue weighted by Gasteiger charge is -2.32. The van der Waals surface area contributed by atoms with Crippen LogP contribution in [0.4, 0.5) is 4.79 Å². The van der Waals surface area contributed by atoms with Gasteiger partial charge in [-0.05, 0) is 43.7 Å². The molecule has 0 unspecified atom stereocenters. The molecule has 1 aromatic heterocycles. The molecule has 1 saturated heterocycles. The molecule has 168 valence electrons. The number of benzene rings is 1. The van der Waals surface area contributed by atoms with E-state index in [1.807, 2.05) is 18.7 Å². The predicted molar refractivity (Wildman–Crippen MR) is 120 cm³/mol. The molecular formula is C24H33N3O4. The van der Waals surface area contributed by atoms with E-state index in [1.165, 1.54) is 23.5 Å². The van der Waals surface area contributed by atoms with Gasteiger partial charge in [-0.3, -0.25) is 9.69 Å². The zero-order valence-electron chi connectivity index (χ0n) is 18.3. The number of likely N-dealkylation sites (tertiary alicyclic amines) is 1. The molecule has 4 rings (SSSR count). The first kappa shape index (κ1) is 21.4. The van der Waals surface area contributed by atoms with E-state index in [-0.39, 0.29) is 24.7 Å². The normalized spacial score (nSPS) is 17.1. The number of amides is 2. The molecule has 0 aliphatic carbocycles. The lowest BCUT2D eigenvalue weighted by Crippen LogP contribution is -2.47. The number of piperidine rings is 1. The van der Waals surface area contributed by atoms with Crippen LogP contribution < -0.4 is 15.5 Å². The molecule has 0 bridgehead atoms. The number of hydrogen-bond donors (Lipinski definition) is 1. The number of carbonyl (C=O) groups is 1. The van der Waals surface area contributed by atoms with Crippen LogP contribution in [0, 0.1) is 5.92 Å². The van der Waals surface area contributed by atoms with Crippen LogP contribution in [0.5, 0.6) is 5.75 Å². The molecule has 2 aromatic rings. The minimum Gasteiger partial charge on any atom is -0.486 e. The highest BCUT2D eigenvalue weighted by atomic mass is 16.5. The molecule has 0 atom stereocenters. The lowest BCUT2D eigenvalue weighted by atomic mass is 9.98. The summed E-state index contributed by atoms with van der Waals surface area (Å²) < 4.78 is 11.5. The molecule has 31 heavy (non-hydrogen) atoms. The van der Waals surface area contributed by atoms with Gasteiger partial charge in [-0.1, -0.05) is 24.3 Å². The van der Waals surface area contributed by atoms with Crippen LogP contribution in [0.15, 0.2) is 45.8 Å². The molecule has 3 heterocycles. The van der Waals surface area contributed by atoms with Crippen molar-refractivity contribution in [1.82, 2.24) is 15.1 Å². The van der Waals surface area contributed by atoms with E-state index in [9.17, 15) is 9.59 Å². The highest BCUT2D eigenvalue weighted by Crippen LogP contribution is 2.24. The monoisotopic (exact) mass is 427 g/mol. The van der Waals surface area contributed by atoms with Crippen molar-refractivity contribution in [3.63, 3.8) is 0 Å². The summed E-state index contributed by atoms with van der Waals surface area (Å²) in [6.07, 6.45) is 3.17. The summed E-state index contributed by atoms with van der Waals surface area (Å²) in [5.41, 5.74) is 2.52. The van der Waals surface area contributed by atoms with Crippen LogP contribution in [0.2, 0.25) is 0 Å². The molecule has 2 amide bonds. The Morgan fingerprint density at radius 1 is 1.23 bits per heavy atom. The third-order valence-corrected chi connectivity index (χ3v) is 5.93. The maximum absolute atomic E-state index is 12.5. The zero-order valence-corrected chi connectivity index (χ0v) is 18.3. The smallest absolute Gasteiger partial charge is 0.317 e. The van der Waals surface area contributed by atoms with Crippen LogP contribution in [-0.2, 0) is 19.6 Å². The van der Waals surface area contributed by atoms with Gasteiger partial charge in [0.1, 0.15) is 12.0 Å². The van der Waals surface area contributed by atoms with Crippen LogP contribution in [-0.4, -0.2) is 41.6 Å². The number of nitrogens with one attached hydrogen (secondary N) is 1. The van der Waals surface area contributed by atoms with E-state index >= 15 is 0 Å². The molecule has 7 nitrogen and oxygen atoms in total. The molecule has 0 radical (unpaired) electrons. The Kier molecular flexibility index (Phi) is 6.61. The zero-order chi connectivity index (χ0) is 21.8. The minimum absolute atomic E-state index is 0. The van der Waals surface area contributed by atoms with Crippen LogP contribution in [0.25, 0.3) is 0 Å². The maximum atomic E-state index is 12.5. The molecule has 0 saturated carbocycles. The Hall–Kier alpha value is -2.80. The van der Waals surface area contributed by atoms with E-state index in [2.05, 4.69) is 34.5 Å². The fraction of sp³-hybridized carbons (Fsp3) is 0.500. The first-order valence-corrected chi connectivity index (χ1v) is 11.1. The molecule has 7 heteroatoms. The molecule has 1 aromatic carbocycles. The summed E-state index contributed by atoms with van der Waals surface area (Å²) in [4.78, 5) is 28.7.